The molecule has 0 N–H and O–H groups in total. The van der Waals surface area contributed by atoms with Crippen LogP contribution in [-0.2, 0) is 21.3 Å². The Morgan fingerprint density at radius 1 is 1.41 bits per heavy atom. The molecule has 9 heteroatoms. The van der Waals surface area contributed by atoms with Gasteiger partial charge in [0, 0.05) is 44.8 Å². The van der Waals surface area contributed by atoms with Crippen LogP contribution in [-0.4, -0.2) is 62.5 Å². The summed E-state index contributed by atoms with van der Waals surface area (Å²) in [4.78, 5) is 14.6. The largest absolute Gasteiger partial charge is 0.384 e. The molecule has 1 aromatic heterocycles. The summed E-state index contributed by atoms with van der Waals surface area (Å²) in [7, 11) is -0.639. The van der Waals surface area contributed by atoms with Crippen LogP contribution in [0.25, 0.3) is 0 Å². The molecule has 1 atom stereocenters. The summed E-state index contributed by atoms with van der Waals surface area (Å²) in [5.41, 5.74) is 0.874. The molecule has 1 saturated heterocycles. The van der Waals surface area contributed by atoms with Gasteiger partial charge in [0.1, 0.15) is 6.26 Å². The van der Waals surface area contributed by atoms with Gasteiger partial charge in [-0.3, -0.25) is 4.79 Å². The summed E-state index contributed by atoms with van der Waals surface area (Å²) in [5, 5.41) is 3.73. The smallest absolute Gasteiger partial charge is 0.253 e. The van der Waals surface area contributed by atoms with Crippen LogP contribution in [0.3, 0.4) is 0 Å². The molecule has 1 unspecified atom stereocenters. The molecular weight excluding hydrogens is 370 g/mol. The third-order valence-electron chi connectivity index (χ3n) is 4.64. The normalized spacial score (nSPS) is 17.6. The van der Waals surface area contributed by atoms with E-state index in [-0.39, 0.29) is 17.3 Å². The molecule has 0 radical (unpaired) electrons. The number of carbonyl (C=O) groups is 1. The summed E-state index contributed by atoms with van der Waals surface area (Å²) in [6.45, 7) is 1.97. The fourth-order valence-corrected chi connectivity index (χ4v) is 4.36. The number of hydrogen-bond donors (Lipinski definition) is 0. The maximum absolute atomic E-state index is 12.8. The number of amides is 1. The monoisotopic (exact) mass is 393 g/mol. The maximum Gasteiger partial charge on any atom is 0.253 e. The predicted molar refractivity (Wildman–Crippen MR) is 97.5 cm³/mol. The molecule has 0 saturated carbocycles. The van der Waals surface area contributed by atoms with E-state index in [0.717, 1.165) is 6.42 Å². The van der Waals surface area contributed by atoms with E-state index in [9.17, 15) is 13.2 Å². The minimum Gasteiger partial charge on any atom is -0.384 e. The van der Waals surface area contributed by atoms with E-state index in [1.54, 1.807) is 30.2 Å². The fourth-order valence-electron chi connectivity index (χ4n) is 3.17. The highest BCUT2D eigenvalue weighted by Gasteiger charge is 2.28. The second-order valence-electron chi connectivity index (χ2n) is 6.64. The number of aromatic nitrogens is 1. The topological polar surface area (TPSA) is 93.0 Å². The van der Waals surface area contributed by atoms with Gasteiger partial charge in [0.2, 0.25) is 10.0 Å². The highest BCUT2D eigenvalue weighted by Crippen LogP contribution is 2.22. The quantitative estimate of drug-likeness (QED) is 0.709. The van der Waals surface area contributed by atoms with E-state index in [0.29, 0.717) is 36.9 Å². The average Bonchev–Trinajstić information content (AvgIpc) is 3.33. The van der Waals surface area contributed by atoms with Crippen LogP contribution in [0.2, 0.25) is 0 Å². The first-order valence-corrected chi connectivity index (χ1v) is 10.1. The molecule has 3 rings (SSSR count). The lowest BCUT2D eigenvalue weighted by molar-refractivity contribution is 0.0775. The average molecular weight is 393 g/mol. The molecule has 0 bridgehead atoms. The number of ether oxygens (including phenoxy) is 1. The van der Waals surface area contributed by atoms with Crippen LogP contribution < -0.4 is 0 Å². The van der Waals surface area contributed by atoms with Gasteiger partial charge in [-0.2, -0.15) is 4.31 Å². The molecule has 0 spiro atoms. The van der Waals surface area contributed by atoms with Crippen molar-refractivity contribution < 1.29 is 22.5 Å². The third kappa shape index (κ3) is 4.37. The van der Waals surface area contributed by atoms with Gasteiger partial charge in [-0.05, 0) is 24.6 Å². The number of rotatable bonds is 7. The molecule has 146 valence electrons. The van der Waals surface area contributed by atoms with Crippen molar-refractivity contribution in [2.45, 2.75) is 17.9 Å². The van der Waals surface area contributed by atoms with Crippen molar-refractivity contribution >= 4 is 15.9 Å². The molecule has 2 aromatic rings. The zero-order valence-electron chi connectivity index (χ0n) is 15.4. The number of methoxy groups -OCH3 is 1. The Balaban J connectivity index is 1.75. The van der Waals surface area contributed by atoms with Gasteiger partial charge < -0.3 is 14.2 Å². The molecule has 1 amide bonds. The number of likely N-dealkylation sites (tertiary alicyclic amines) is 1. The highest BCUT2D eigenvalue weighted by atomic mass is 32.2. The van der Waals surface area contributed by atoms with Gasteiger partial charge in [0.15, 0.2) is 0 Å². The molecular formula is C18H23N3O5S. The second-order valence-corrected chi connectivity index (χ2v) is 8.69. The number of carbonyl (C=O) groups excluding carboxylic acids is 1. The Kier molecular flexibility index (Phi) is 5.93. The van der Waals surface area contributed by atoms with Gasteiger partial charge in [0.05, 0.1) is 23.7 Å². The fraction of sp³-hybridized carbons (Fsp3) is 0.444. The van der Waals surface area contributed by atoms with Crippen LogP contribution in [0.15, 0.2) is 46.0 Å². The van der Waals surface area contributed by atoms with Crippen LogP contribution >= 0.6 is 0 Å². The molecule has 1 aromatic carbocycles. The molecule has 1 fully saturated rings. The maximum atomic E-state index is 12.8. The van der Waals surface area contributed by atoms with Crippen molar-refractivity contribution in [3.8, 4) is 0 Å². The van der Waals surface area contributed by atoms with Crippen LogP contribution in [0.5, 0.6) is 0 Å². The number of benzene rings is 1. The van der Waals surface area contributed by atoms with Gasteiger partial charge in [-0.1, -0.05) is 11.2 Å². The lowest BCUT2D eigenvalue weighted by Crippen LogP contribution is -2.30. The van der Waals surface area contributed by atoms with E-state index in [2.05, 4.69) is 5.16 Å². The minimum atomic E-state index is -3.75. The Morgan fingerprint density at radius 2 is 2.22 bits per heavy atom. The zero-order chi connectivity index (χ0) is 19.4. The summed E-state index contributed by atoms with van der Waals surface area (Å²) in [6, 6.07) is 7.76. The molecule has 1 aliphatic heterocycles. The molecule has 8 nitrogen and oxygen atoms in total. The third-order valence-corrected chi connectivity index (χ3v) is 6.44. The first-order valence-electron chi connectivity index (χ1n) is 8.65. The molecule has 2 heterocycles. The minimum absolute atomic E-state index is 0.0759. The highest BCUT2D eigenvalue weighted by molar-refractivity contribution is 7.89. The Morgan fingerprint density at radius 3 is 2.93 bits per heavy atom. The second kappa shape index (κ2) is 8.20. The van der Waals surface area contributed by atoms with Gasteiger partial charge in [-0.15, -0.1) is 0 Å². The lowest BCUT2D eigenvalue weighted by atomic mass is 10.1. The summed E-state index contributed by atoms with van der Waals surface area (Å²) < 4.78 is 36.7. The first kappa shape index (κ1) is 19.5. The summed E-state index contributed by atoms with van der Waals surface area (Å²) in [6.07, 6.45) is 2.28. The number of nitrogens with zero attached hydrogens (tertiary/aromatic N) is 3. The van der Waals surface area contributed by atoms with Crippen molar-refractivity contribution in [2.75, 3.05) is 33.9 Å². The molecule has 1 aliphatic rings. The number of sulfonamides is 1. The van der Waals surface area contributed by atoms with Crippen LogP contribution in [0, 0.1) is 5.92 Å². The van der Waals surface area contributed by atoms with E-state index >= 15 is 0 Å². The van der Waals surface area contributed by atoms with Crippen molar-refractivity contribution in [3.63, 3.8) is 0 Å². The number of hydrogen-bond acceptors (Lipinski definition) is 6. The SMILES string of the molecule is COCC1CCN(C(=O)c2cccc(S(=O)(=O)N(C)Cc3ccon3)c2)C1. The van der Waals surface area contributed by atoms with Crippen LogP contribution in [0.1, 0.15) is 22.5 Å². The van der Waals surface area contributed by atoms with E-state index in [4.69, 9.17) is 9.26 Å². The standard InChI is InChI=1S/C18H23N3O5S/c1-20(12-16-7-9-26-19-16)27(23,24)17-5-3-4-15(10-17)18(22)21-8-6-14(11-21)13-25-2/h3-5,7,9-10,14H,6,8,11-13H2,1-2H3. The van der Waals surface area contributed by atoms with Gasteiger partial charge >= 0.3 is 0 Å². The zero-order valence-corrected chi connectivity index (χ0v) is 16.2. The first-order chi connectivity index (χ1) is 12.9. The molecule has 27 heavy (non-hydrogen) atoms. The van der Waals surface area contributed by atoms with Crippen molar-refractivity contribution in [3.05, 3.63) is 47.9 Å². The summed E-state index contributed by atoms with van der Waals surface area (Å²) >= 11 is 0. The molecule has 0 aliphatic carbocycles. The van der Waals surface area contributed by atoms with Gasteiger partial charge in [0.25, 0.3) is 5.91 Å². The summed E-state index contributed by atoms with van der Waals surface area (Å²) in [5.74, 6) is 0.157. The lowest BCUT2D eigenvalue weighted by Gasteiger charge is -2.19. The van der Waals surface area contributed by atoms with Crippen LogP contribution in [0.4, 0.5) is 0 Å². The van der Waals surface area contributed by atoms with Crippen molar-refractivity contribution in [1.29, 1.82) is 0 Å². The Hall–Kier alpha value is -2.23. The van der Waals surface area contributed by atoms with Gasteiger partial charge in [-0.25, -0.2) is 8.42 Å². The van der Waals surface area contributed by atoms with Crippen molar-refractivity contribution in [2.24, 2.45) is 5.92 Å². The van der Waals surface area contributed by atoms with E-state index < -0.39 is 10.0 Å². The Labute approximate surface area is 158 Å². The Bertz CT molecular complexity index is 882. The van der Waals surface area contributed by atoms with Crippen molar-refractivity contribution in [1.82, 2.24) is 14.4 Å². The van der Waals surface area contributed by atoms with E-state index in [1.165, 1.54) is 29.7 Å². The predicted octanol–water partition coefficient (Wildman–Crippen LogP) is 1.60. The van der Waals surface area contributed by atoms with E-state index in [1.807, 2.05) is 0 Å².